The number of methoxy groups -OCH3 is 1. The lowest BCUT2D eigenvalue weighted by atomic mass is 9.93. The lowest BCUT2D eigenvalue weighted by molar-refractivity contribution is 0.0705. The molecule has 1 amide bonds. The highest BCUT2D eigenvalue weighted by Crippen LogP contribution is 2.29. The van der Waals surface area contributed by atoms with Crippen molar-refractivity contribution in [1.82, 2.24) is 24.5 Å². The molecular formula is C19H19F2N5O2. The molecule has 0 saturated carbocycles. The summed E-state index contributed by atoms with van der Waals surface area (Å²) < 4.78 is 33.0. The van der Waals surface area contributed by atoms with Gasteiger partial charge in [0.1, 0.15) is 17.8 Å². The van der Waals surface area contributed by atoms with Gasteiger partial charge in [0.2, 0.25) is 0 Å². The van der Waals surface area contributed by atoms with E-state index in [2.05, 4.69) is 15.1 Å². The van der Waals surface area contributed by atoms with E-state index in [0.717, 1.165) is 17.4 Å². The molecule has 3 aromatic rings. The van der Waals surface area contributed by atoms with Gasteiger partial charge in [-0.3, -0.25) is 4.79 Å². The first kappa shape index (κ1) is 18.3. The molecule has 0 radical (unpaired) electrons. The Morgan fingerprint density at radius 2 is 2.07 bits per heavy atom. The van der Waals surface area contributed by atoms with Crippen LogP contribution in [0.2, 0.25) is 0 Å². The Kier molecular flexibility index (Phi) is 4.89. The average Bonchev–Trinajstić information content (AvgIpc) is 3.21. The summed E-state index contributed by atoms with van der Waals surface area (Å²) in [6.07, 6.45) is 0.0625. The Morgan fingerprint density at radius 3 is 2.79 bits per heavy atom. The molecule has 146 valence electrons. The molecule has 0 bridgehead atoms. The zero-order valence-electron chi connectivity index (χ0n) is 15.3. The maximum absolute atomic E-state index is 13.4. The summed E-state index contributed by atoms with van der Waals surface area (Å²) in [5, 5.41) is 3.81. The van der Waals surface area contributed by atoms with Crippen LogP contribution in [0.25, 0.3) is 5.78 Å². The average molecular weight is 387 g/mol. The van der Waals surface area contributed by atoms with Crippen LogP contribution in [-0.2, 0) is 0 Å². The number of carbonyl (C=O) groups excluding carboxylic acids is 1. The number of alkyl halides is 2. The monoisotopic (exact) mass is 387 g/mol. The third-order valence-electron chi connectivity index (χ3n) is 4.99. The van der Waals surface area contributed by atoms with Gasteiger partial charge in [0, 0.05) is 24.6 Å². The third kappa shape index (κ3) is 3.39. The van der Waals surface area contributed by atoms with Crippen molar-refractivity contribution < 1.29 is 18.3 Å². The molecule has 1 aliphatic heterocycles. The molecule has 0 aliphatic carbocycles. The molecule has 1 aliphatic rings. The van der Waals surface area contributed by atoms with Crippen molar-refractivity contribution in [1.29, 1.82) is 0 Å². The van der Waals surface area contributed by atoms with E-state index in [-0.39, 0.29) is 23.3 Å². The third-order valence-corrected chi connectivity index (χ3v) is 4.99. The van der Waals surface area contributed by atoms with Gasteiger partial charge in [-0.2, -0.15) is 14.6 Å². The van der Waals surface area contributed by atoms with E-state index in [0.29, 0.717) is 30.1 Å². The molecule has 2 aromatic heterocycles. The highest BCUT2D eigenvalue weighted by molar-refractivity contribution is 5.94. The number of ether oxygens (including phenoxy) is 1. The smallest absolute Gasteiger partial charge is 0.280 e. The van der Waals surface area contributed by atoms with Crippen molar-refractivity contribution in [3.05, 3.63) is 53.6 Å². The zero-order valence-corrected chi connectivity index (χ0v) is 15.3. The van der Waals surface area contributed by atoms with Crippen molar-refractivity contribution >= 4 is 11.7 Å². The Labute approximate surface area is 160 Å². The zero-order chi connectivity index (χ0) is 19.7. The first-order chi connectivity index (χ1) is 13.6. The minimum absolute atomic E-state index is 0.0926. The van der Waals surface area contributed by atoms with E-state index in [1.807, 2.05) is 0 Å². The maximum Gasteiger partial charge on any atom is 0.280 e. The molecule has 3 heterocycles. The highest BCUT2D eigenvalue weighted by Gasteiger charge is 2.28. The van der Waals surface area contributed by atoms with Crippen molar-refractivity contribution in [2.45, 2.75) is 25.2 Å². The summed E-state index contributed by atoms with van der Waals surface area (Å²) in [4.78, 5) is 22.9. The second-order valence-corrected chi connectivity index (χ2v) is 6.70. The number of aromatic nitrogens is 4. The van der Waals surface area contributed by atoms with Gasteiger partial charge < -0.3 is 9.64 Å². The second-order valence-electron chi connectivity index (χ2n) is 6.70. The van der Waals surface area contributed by atoms with Crippen LogP contribution >= 0.6 is 0 Å². The van der Waals surface area contributed by atoms with E-state index < -0.39 is 6.43 Å². The Bertz CT molecular complexity index is 990. The standard InChI is InChI=1S/C19H19F2N5O2/c1-28-14-6-4-12(5-7-14)18(27)25-8-2-3-13(10-25)15-9-16(17(20)21)26-19(24-15)22-11-23-26/h4-7,9,11,13,17H,2-3,8,10H2,1H3/t13-/m1/s1. The topological polar surface area (TPSA) is 72.6 Å². The summed E-state index contributed by atoms with van der Waals surface area (Å²) in [6.45, 7) is 1.04. The summed E-state index contributed by atoms with van der Waals surface area (Å²) in [5.74, 6) is 0.602. The Hall–Kier alpha value is -3.10. The summed E-state index contributed by atoms with van der Waals surface area (Å²) in [6, 6.07) is 8.30. The van der Waals surface area contributed by atoms with Gasteiger partial charge in [-0.25, -0.2) is 13.8 Å². The van der Waals surface area contributed by atoms with E-state index >= 15 is 0 Å². The van der Waals surface area contributed by atoms with Gasteiger partial charge >= 0.3 is 0 Å². The second kappa shape index (κ2) is 7.49. The predicted molar refractivity (Wildman–Crippen MR) is 96.6 cm³/mol. The van der Waals surface area contributed by atoms with E-state index in [1.54, 1.807) is 36.3 Å². The summed E-state index contributed by atoms with van der Waals surface area (Å²) in [7, 11) is 1.57. The number of halogens is 2. The SMILES string of the molecule is COc1ccc(C(=O)N2CCC[C@@H](c3cc(C(F)F)n4ncnc4n3)C2)cc1. The van der Waals surface area contributed by atoms with Gasteiger partial charge in [0.15, 0.2) is 0 Å². The fourth-order valence-corrected chi connectivity index (χ4v) is 3.54. The lowest BCUT2D eigenvalue weighted by Crippen LogP contribution is -2.39. The van der Waals surface area contributed by atoms with Crippen molar-refractivity contribution in [2.24, 2.45) is 0 Å². The number of likely N-dealkylation sites (tertiary alicyclic amines) is 1. The number of piperidine rings is 1. The molecule has 0 spiro atoms. The predicted octanol–water partition coefficient (Wildman–Crippen LogP) is 3.09. The van der Waals surface area contributed by atoms with Crippen LogP contribution in [0, 0.1) is 0 Å². The normalized spacial score (nSPS) is 17.3. The number of rotatable bonds is 4. The number of benzene rings is 1. The quantitative estimate of drug-likeness (QED) is 0.688. The number of hydrogen-bond acceptors (Lipinski definition) is 5. The Balaban J connectivity index is 1.58. The van der Waals surface area contributed by atoms with E-state index in [9.17, 15) is 13.6 Å². The molecule has 9 heteroatoms. The van der Waals surface area contributed by atoms with Crippen molar-refractivity contribution in [3.63, 3.8) is 0 Å². The molecule has 1 aromatic carbocycles. The lowest BCUT2D eigenvalue weighted by Gasteiger charge is -2.32. The van der Waals surface area contributed by atoms with Crippen LogP contribution in [0.3, 0.4) is 0 Å². The van der Waals surface area contributed by atoms with Gasteiger partial charge in [0.05, 0.1) is 12.8 Å². The molecule has 4 rings (SSSR count). The fraction of sp³-hybridized carbons (Fsp3) is 0.368. The molecule has 0 unspecified atom stereocenters. The first-order valence-corrected chi connectivity index (χ1v) is 8.99. The van der Waals surface area contributed by atoms with Gasteiger partial charge in [-0.1, -0.05) is 0 Å². The van der Waals surface area contributed by atoms with Crippen LogP contribution in [0.4, 0.5) is 8.78 Å². The van der Waals surface area contributed by atoms with E-state index in [4.69, 9.17) is 4.74 Å². The van der Waals surface area contributed by atoms with Crippen LogP contribution in [0.1, 0.15) is 46.9 Å². The molecule has 7 nitrogen and oxygen atoms in total. The number of fused-ring (bicyclic) bond motifs is 1. The van der Waals surface area contributed by atoms with Crippen molar-refractivity contribution in [3.8, 4) is 5.75 Å². The number of amides is 1. The Morgan fingerprint density at radius 1 is 1.29 bits per heavy atom. The fourth-order valence-electron chi connectivity index (χ4n) is 3.54. The van der Waals surface area contributed by atoms with Crippen LogP contribution < -0.4 is 4.74 Å². The van der Waals surface area contributed by atoms with Gasteiger partial charge in [-0.15, -0.1) is 0 Å². The van der Waals surface area contributed by atoms with Crippen LogP contribution in [-0.4, -0.2) is 50.6 Å². The number of carbonyl (C=O) groups is 1. The van der Waals surface area contributed by atoms with Crippen LogP contribution in [0.15, 0.2) is 36.7 Å². The molecule has 0 N–H and O–H groups in total. The minimum atomic E-state index is -2.69. The van der Waals surface area contributed by atoms with Gasteiger partial charge in [-0.05, 0) is 43.2 Å². The molecular weight excluding hydrogens is 368 g/mol. The first-order valence-electron chi connectivity index (χ1n) is 8.99. The molecule has 1 saturated heterocycles. The van der Waals surface area contributed by atoms with Gasteiger partial charge in [0.25, 0.3) is 18.1 Å². The number of nitrogens with zero attached hydrogens (tertiary/aromatic N) is 5. The molecule has 1 fully saturated rings. The largest absolute Gasteiger partial charge is 0.497 e. The van der Waals surface area contributed by atoms with E-state index in [1.165, 1.54) is 12.4 Å². The summed E-state index contributed by atoms with van der Waals surface area (Å²) in [5.41, 5.74) is 0.842. The maximum atomic E-state index is 13.4. The summed E-state index contributed by atoms with van der Waals surface area (Å²) >= 11 is 0. The van der Waals surface area contributed by atoms with Crippen LogP contribution in [0.5, 0.6) is 5.75 Å². The highest BCUT2D eigenvalue weighted by atomic mass is 19.3. The minimum Gasteiger partial charge on any atom is -0.497 e. The number of hydrogen-bond donors (Lipinski definition) is 0. The molecule has 1 atom stereocenters. The van der Waals surface area contributed by atoms with Crippen molar-refractivity contribution in [2.75, 3.05) is 20.2 Å². The molecule has 28 heavy (non-hydrogen) atoms.